The zero-order valence-corrected chi connectivity index (χ0v) is 6.73. The van der Waals surface area contributed by atoms with Gasteiger partial charge in [-0.15, -0.1) is 0 Å². The van der Waals surface area contributed by atoms with Crippen LogP contribution < -0.4 is 5.73 Å². The summed E-state index contributed by atoms with van der Waals surface area (Å²) >= 11 is 0. The summed E-state index contributed by atoms with van der Waals surface area (Å²) < 4.78 is 0. The van der Waals surface area contributed by atoms with Crippen LogP contribution in [0.15, 0.2) is 36.0 Å². The molecule has 0 saturated heterocycles. The maximum atomic E-state index is 11.0. The second-order valence-corrected chi connectivity index (χ2v) is 3.23. The molecule has 0 amide bonds. The fourth-order valence-electron chi connectivity index (χ4n) is 1.69. The summed E-state index contributed by atoms with van der Waals surface area (Å²) in [5, 5.41) is 0. The number of hydrogen-bond acceptors (Lipinski definition) is 2. The first-order valence-electron chi connectivity index (χ1n) is 4.11. The number of nitrogens with two attached hydrogens (primary N) is 1. The van der Waals surface area contributed by atoms with Crippen LogP contribution >= 0.6 is 0 Å². The molecule has 2 aliphatic rings. The van der Waals surface area contributed by atoms with E-state index in [0.717, 1.165) is 5.57 Å². The van der Waals surface area contributed by atoms with Gasteiger partial charge in [-0.25, -0.2) is 0 Å². The van der Waals surface area contributed by atoms with Crippen LogP contribution in [-0.4, -0.2) is 11.8 Å². The molecule has 0 radical (unpaired) electrons. The van der Waals surface area contributed by atoms with Gasteiger partial charge in [0.25, 0.3) is 0 Å². The second-order valence-electron chi connectivity index (χ2n) is 3.23. The first-order chi connectivity index (χ1) is 5.77. The van der Waals surface area contributed by atoms with Crippen molar-refractivity contribution in [2.75, 3.05) is 0 Å². The molecule has 2 atom stereocenters. The van der Waals surface area contributed by atoms with Crippen molar-refractivity contribution in [1.82, 2.24) is 0 Å². The number of carbonyl (C=O) groups excluding carboxylic acids is 1. The van der Waals surface area contributed by atoms with Crippen molar-refractivity contribution in [3.8, 4) is 0 Å². The third kappa shape index (κ3) is 1.14. The number of ketones is 1. The van der Waals surface area contributed by atoms with Crippen LogP contribution in [0.1, 0.15) is 6.42 Å². The molecular weight excluding hydrogens is 150 g/mol. The van der Waals surface area contributed by atoms with Crippen LogP contribution in [0.3, 0.4) is 0 Å². The van der Waals surface area contributed by atoms with Crippen molar-refractivity contribution >= 4 is 5.78 Å². The fourth-order valence-corrected chi connectivity index (χ4v) is 1.69. The minimum atomic E-state index is 0.0503. The molecule has 2 aliphatic carbocycles. The molecule has 2 heteroatoms. The Labute approximate surface area is 71.4 Å². The maximum absolute atomic E-state index is 11.0. The Morgan fingerprint density at radius 3 is 3.08 bits per heavy atom. The molecule has 62 valence electrons. The van der Waals surface area contributed by atoms with Gasteiger partial charge in [-0.1, -0.05) is 29.9 Å². The van der Waals surface area contributed by atoms with Crippen molar-refractivity contribution in [2.24, 2.45) is 11.7 Å². The van der Waals surface area contributed by atoms with Gasteiger partial charge in [0.05, 0.1) is 0 Å². The van der Waals surface area contributed by atoms with E-state index in [1.165, 1.54) is 0 Å². The van der Waals surface area contributed by atoms with Crippen molar-refractivity contribution in [2.45, 2.75) is 12.5 Å². The van der Waals surface area contributed by atoms with Crippen LogP contribution in [-0.2, 0) is 4.79 Å². The predicted octanol–water partition coefficient (Wildman–Crippen LogP) is 0.955. The van der Waals surface area contributed by atoms with Gasteiger partial charge < -0.3 is 5.73 Å². The first kappa shape index (κ1) is 7.50. The van der Waals surface area contributed by atoms with Crippen LogP contribution in [0.25, 0.3) is 0 Å². The van der Waals surface area contributed by atoms with Crippen molar-refractivity contribution in [3.05, 3.63) is 36.0 Å². The van der Waals surface area contributed by atoms with Crippen LogP contribution in [0.2, 0.25) is 0 Å². The number of hydrogen-bond donors (Lipinski definition) is 1. The molecule has 2 rings (SSSR count). The van der Waals surface area contributed by atoms with Crippen molar-refractivity contribution < 1.29 is 4.79 Å². The van der Waals surface area contributed by atoms with Crippen molar-refractivity contribution in [3.63, 3.8) is 0 Å². The molecule has 2 nitrogen and oxygen atoms in total. The van der Waals surface area contributed by atoms with E-state index in [4.69, 9.17) is 5.73 Å². The van der Waals surface area contributed by atoms with Crippen LogP contribution in [0.5, 0.6) is 0 Å². The number of carbonyl (C=O) groups is 1. The Morgan fingerprint density at radius 2 is 2.25 bits per heavy atom. The molecule has 0 bridgehead atoms. The zero-order valence-electron chi connectivity index (χ0n) is 6.73. The zero-order chi connectivity index (χ0) is 8.55. The topological polar surface area (TPSA) is 43.1 Å². The Kier molecular flexibility index (Phi) is 1.70. The minimum Gasteiger partial charge on any atom is -0.324 e. The van der Waals surface area contributed by atoms with E-state index in [2.05, 4.69) is 0 Å². The molecule has 0 fully saturated rings. The number of rotatable bonds is 0. The Balaban J connectivity index is 2.34. The highest BCUT2D eigenvalue weighted by molar-refractivity contribution is 5.93. The molecule has 0 aliphatic heterocycles. The highest BCUT2D eigenvalue weighted by Crippen LogP contribution is 2.27. The summed E-state index contributed by atoms with van der Waals surface area (Å²) in [6.07, 6.45) is 9.98. The van der Waals surface area contributed by atoms with Gasteiger partial charge in [0.2, 0.25) is 0 Å². The molecular formula is C10H11NO. The van der Waals surface area contributed by atoms with E-state index >= 15 is 0 Å². The summed E-state index contributed by atoms with van der Waals surface area (Å²) in [7, 11) is 0. The van der Waals surface area contributed by atoms with Gasteiger partial charge in [0, 0.05) is 18.4 Å². The average Bonchev–Trinajstić information content (AvgIpc) is 2.04. The van der Waals surface area contributed by atoms with E-state index in [-0.39, 0.29) is 17.7 Å². The molecule has 2 unspecified atom stereocenters. The fraction of sp³-hybridized carbons (Fsp3) is 0.300. The molecule has 0 aromatic carbocycles. The highest BCUT2D eigenvalue weighted by atomic mass is 16.1. The van der Waals surface area contributed by atoms with Gasteiger partial charge in [-0.2, -0.15) is 0 Å². The summed E-state index contributed by atoms with van der Waals surface area (Å²) in [4.78, 5) is 11.0. The Morgan fingerprint density at radius 1 is 1.42 bits per heavy atom. The van der Waals surface area contributed by atoms with E-state index in [0.29, 0.717) is 6.42 Å². The van der Waals surface area contributed by atoms with Crippen molar-refractivity contribution in [1.29, 1.82) is 0 Å². The standard InChI is InChI=1S/C10H11NO/c11-10-3-1-2-7-6-8(12)4-5-9(7)10/h1-5,9-10H,6,11H2. The quantitative estimate of drug-likeness (QED) is 0.575. The first-order valence-corrected chi connectivity index (χ1v) is 4.11. The third-order valence-electron chi connectivity index (χ3n) is 2.35. The molecule has 0 heterocycles. The monoisotopic (exact) mass is 161 g/mol. The van der Waals surface area contributed by atoms with E-state index in [1.807, 2.05) is 24.3 Å². The van der Waals surface area contributed by atoms with Crippen LogP contribution in [0, 0.1) is 5.92 Å². The SMILES string of the molecule is NC1C=CC=C2CC(=O)C=CC21. The molecule has 0 aromatic heterocycles. The van der Waals surface area contributed by atoms with Gasteiger partial charge in [-0.3, -0.25) is 4.79 Å². The lowest BCUT2D eigenvalue weighted by Gasteiger charge is -2.26. The Hall–Kier alpha value is -1.15. The summed E-state index contributed by atoms with van der Waals surface area (Å²) in [5.41, 5.74) is 7.00. The maximum Gasteiger partial charge on any atom is 0.159 e. The largest absolute Gasteiger partial charge is 0.324 e. The van der Waals surface area contributed by atoms with Gasteiger partial charge in [0.15, 0.2) is 5.78 Å². The van der Waals surface area contributed by atoms with Gasteiger partial charge in [0.1, 0.15) is 0 Å². The highest BCUT2D eigenvalue weighted by Gasteiger charge is 2.24. The molecule has 2 N–H and O–H groups in total. The van der Waals surface area contributed by atoms with Gasteiger partial charge in [-0.05, 0) is 6.08 Å². The summed E-state index contributed by atoms with van der Waals surface area (Å²) in [5.74, 6) is 0.438. The Bertz CT molecular complexity index is 299. The van der Waals surface area contributed by atoms with E-state index < -0.39 is 0 Å². The lowest BCUT2D eigenvalue weighted by atomic mass is 9.81. The summed E-state index contributed by atoms with van der Waals surface area (Å²) in [6.45, 7) is 0. The molecule has 0 saturated carbocycles. The average molecular weight is 161 g/mol. The van der Waals surface area contributed by atoms with E-state index in [9.17, 15) is 4.79 Å². The molecule has 0 aromatic rings. The number of allylic oxidation sites excluding steroid dienone is 3. The molecule has 0 spiro atoms. The van der Waals surface area contributed by atoms with Gasteiger partial charge >= 0.3 is 0 Å². The minimum absolute atomic E-state index is 0.0503. The molecule has 12 heavy (non-hydrogen) atoms. The lowest BCUT2D eigenvalue weighted by Crippen LogP contribution is -2.32. The van der Waals surface area contributed by atoms with E-state index in [1.54, 1.807) is 6.08 Å². The summed E-state index contributed by atoms with van der Waals surface area (Å²) in [6, 6.07) is 0.0503. The number of fused-ring (bicyclic) bond motifs is 1. The lowest BCUT2D eigenvalue weighted by molar-refractivity contribution is -0.114. The van der Waals surface area contributed by atoms with Crippen LogP contribution in [0.4, 0.5) is 0 Å². The smallest absolute Gasteiger partial charge is 0.159 e. The second kappa shape index (κ2) is 2.72. The third-order valence-corrected chi connectivity index (χ3v) is 2.35. The normalized spacial score (nSPS) is 33.1. The predicted molar refractivity (Wildman–Crippen MR) is 47.5 cm³/mol.